The van der Waals surface area contributed by atoms with Gasteiger partial charge in [0.2, 0.25) is 0 Å². The molecule has 1 saturated carbocycles. The molecular weight excluding hydrogens is 226 g/mol. The third-order valence-electron chi connectivity index (χ3n) is 4.95. The number of likely N-dealkylation sites (tertiary alicyclic amines) is 1. The predicted molar refractivity (Wildman–Crippen MR) is 72.6 cm³/mol. The summed E-state index contributed by atoms with van der Waals surface area (Å²) in [5.74, 6) is 0.685. The first-order chi connectivity index (χ1) is 8.61. The van der Waals surface area contributed by atoms with Gasteiger partial charge in [-0.3, -0.25) is 9.69 Å². The van der Waals surface area contributed by atoms with Crippen molar-refractivity contribution in [2.24, 2.45) is 11.8 Å². The summed E-state index contributed by atoms with van der Waals surface area (Å²) >= 11 is 0. The predicted octanol–water partition coefficient (Wildman–Crippen LogP) is 3.14. The molecule has 1 saturated heterocycles. The lowest BCUT2D eigenvalue weighted by Crippen LogP contribution is -2.53. The van der Waals surface area contributed by atoms with Crippen LogP contribution >= 0.6 is 0 Å². The largest absolute Gasteiger partial charge is 0.480 e. The number of carbonyl (C=O) groups is 1. The molecule has 1 aliphatic heterocycles. The van der Waals surface area contributed by atoms with Crippen molar-refractivity contribution in [3.8, 4) is 0 Å². The first-order valence-corrected chi connectivity index (χ1v) is 7.60. The van der Waals surface area contributed by atoms with Gasteiger partial charge >= 0.3 is 5.97 Å². The van der Waals surface area contributed by atoms with E-state index >= 15 is 0 Å². The summed E-state index contributed by atoms with van der Waals surface area (Å²) in [6, 6.07) is 0.249. The minimum atomic E-state index is -0.609. The van der Waals surface area contributed by atoms with E-state index < -0.39 is 5.97 Å². The molecule has 0 bridgehead atoms. The van der Waals surface area contributed by atoms with E-state index in [9.17, 15) is 9.90 Å². The zero-order valence-corrected chi connectivity index (χ0v) is 11.8. The molecule has 2 aliphatic rings. The molecule has 1 aliphatic carbocycles. The number of rotatable bonds is 2. The summed E-state index contributed by atoms with van der Waals surface area (Å²) in [4.78, 5) is 13.9. The van der Waals surface area contributed by atoms with Crippen molar-refractivity contribution in [3.05, 3.63) is 0 Å². The van der Waals surface area contributed by atoms with Crippen molar-refractivity contribution in [2.45, 2.75) is 70.9 Å². The Kier molecular flexibility index (Phi) is 4.66. The molecule has 0 amide bonds. The lowest BCUT2D eigenvalue weighted by Gasteiger charge is -2.44. The molecule has 0 aromatic heterocycles. The maximum Gasteiger partial charge on any atom is 0.320 e. The van der Waals surface area contributed by atoms with E-state index in [0.717, 1.165) is 19.4 Å². The van der Waals surface area contributed by atoms with Crippen LogP contribution < -0.4 is 0 Å². The third kappa shape index (κ3) is 2.87. The Hall–Kier alpha value is -0.570. The highest BCUT2D eigenvalue weighted by Gasteiger charge is 2.38. The van der Waals surface area contributed by atoms with Crippen molar-refractivity contribution < 1.29 is 9.90 Å². The number of carboxylic acids is 1. The lowest BCUT2D eigenvalue weighted by atomic mass is 9.77. The molecule has 0 aromatic rings. The zero-order valence-electron chi connectivity index (χ0n) is 11.8. The molecule has 104 valence electrons. The Labute approximate surface area is 111 Å². The molecule has 18 heavy (non-hydrogen) atoms. The molecule has 2 rings (SSSR count). The Morgan fingerprint density at radius 1 is 1.00 bits per heavy atom. The molecule has 0 aromatic carbocycles. The number of hydrogen-bond donors (Lipinski definition) is 1. The number of hydrogen-bond acceptors (Lipinski definition) is 2. The average Bonchev–Trinajstić information content (AvgIpc) is 2.54. The van der Waals surface area contributed by atoms with Gasteiger partial charge in [-0.2, -0.15) is 0 Å². The van der Waals surface area contributed by atoms with Gasteiger partial charge in [-0.05, 0) is 44.1 Å². The average molecular weight is 253 g/mol. The Balaban J connectivity index is 2.17. The SMILES string of the molecule is CC1CCCC(C)C1N1CCCCCC1C(=O)O. The van der Waals surface area contributed by atoms with E-state index in [2.05, 4.69) is 18.7 Å². The number of nitrogens with zero attached hydrogens (tertiary/aromatic N) is 1. The lowest BCUT2D eigenvalue weighted by molar-refractivity contribution is -0.146. The smallest absolute Gasteiger partial charge is 0.320 e. The minimum absolute atomic E-state index is 0.236. The first kappa shape index (κ1) is 13.9. The van der Waals surface area contributed by atoms with Gasteiger partial charge < -0.3 is 5.11 Å². The molecular formula is C15H27NO2. The zero-order chi connectivity index (χ0) is 13.1. The standard InChI is InChI=1S/C15H27NO2/c1-11-7-6-8-12(2)14(11)16-10-5-3-4-9-13(16)15(17)18/h11-14H,3-10H2,1-2H3,(H,17,18). The van der Waals surface area contributed by atoms with E-state index in [1.54, 1.807) is 0 Å². The summed E-state index contributed by atoms with van der Waals surface area (Å²) in [5, 5.41) is 9.50. The van der Waals surface area contributed by atoms with Crippen LogP contribution in [0.15, 0.2) is 0 Å². The van der Waals surface area contributed by atoms with Gasteiger partial charge in [-0.25, -0.2) is 0 Å². The topological polar surface area (TPSA) is 40.5 Å². The highest BCUT2D eigenvalue weighted by Crippen LogP contribution is 2.35. The summed E-state index contributed by atoms with van der Waals surface area (Å²) in [5.41, 5.74) is 0. The highest BCUT2D eigenvalue weighted by molar-refractivity contribution is 5.73. The Bertz CT molecular complexity index is 282. The summed E-state index contributed by atoms with van der Waals surface area (Å²) in [6.07, 6.45) is 8.10. The molecule has 3 unspecified atom stereocenters. The fraction of sp³-hybridized carbons (Fsp3) is 0.933. The van der Waals surface area contributed by atoms with Crippen molar-refractivity contribution in [1.29, 1.82) is 0 Å². The second kappa shape index (κ2) is 6.05. The van der Waals surface area contributed by atoms with Gasteiger partial charge in [-0.15, -0.1) is 0 Å². The molecule has 1 N–H and O–H groups in total. The van der Waals surface area contributed by atoms with E-state index in [0.29, 0.717) is 17.9 Å². The van der Waals surface area contributed by atoms with Gasteiger partial charge in [0.15, 0.2) is 0 Å². The highest BCUT2D eigenvalue weighted by atomic mass is 16.4. The number of carboxylic acid groups (broad SMARTS) is 1. The van der Waals surface area contributed by atoms with Gasteiger partial charge in [0, 0.05) is 6.04 Å². The minimum Gasteiger partial charge on any atom is -0.480 e. The molecule has 0 spiro atoms. The second-order valence-corrected chi connectivity index (χ2v) is 6.32. The van der Waals surface area contributed by atoms with Gasteiger partial charge in [0.05, 0.1) is 0 Å². The van der Waals surface area contributed by atoms with Crippen LogP contribution in [0.4, 0.5) is 0 Å². The van der Waals surface area contributed by atoms with Crippen LogP contribution in [0.25, 0.3) is 0 Å². The molecule has 0 radical (unpaired) electrons. The number of aliphatic carboxylic acids is 1. The van der Waals surface area contributed by atoms with Crippen molar-refractivity contribution >= 4 is 5.97 Å². The normalized spacial score (nSPS) is 39.2. The van der Waals surface area contributed by atoms with Crippen LogP contribution in [0.5, 0.6) is 0 Å². The summed E-state index contributed by atoms with van der Waals surface area (Å²) in [6.45, 7) is 5.60. The fourth-order valence-electron chi connectivity index (χ4n) is 4.07. The van der Waals surface area contributed by atoms with E-state index in [1.165, 1.54) is 32.1 Å². The molecule has 3 nitrogen and oxygen atoms in total. The van der Waals surface area contributed by atoms with Crippen LogP contribution in [0.3, 0.4) is 0 Å². The van der Waals surface area contributed by atoms with Gasteiger partial charge in [-0.1, -0.05) is 33.1 Å². The quantitative estimate of drug-likeness (QED) is 0.822. The first-order valence-electron chi connectivity index (χ1n) is 7.60. The summed E-state index contributed by atoms with van der Waals surface area (Å²) < 4.78 is 0. The van der Waals surface area contributed by atoms with E-state index in [-0.39, 0.29) is 6.04 Å². The fourth-order valence-corrected chi connectivity index (χ4v) is 4.07. The maximum absolute atomic E-state index is 11.5. The van der Waals surface area contributed by atoms with Crippen molar-refractivity contribution in [2.75, 3.05) is 6.54 Å². The van der Waals surface area contributed by atoms with Crippen molar-refractivity contribution in [3.63, 3.8) is 0 Å². The Morgan fingerprint density at radius 2 is 1.67 bits per heavy atom. The molecule has 3 heteroatoms. The van der Waals surface area contributed by atoms with E-state index in [4.69, 9.17) is 0 Å². The molecule has 1 heterocycles. The monoisotopic (exact) mass is 253 g/mol. The van der Waals surface area contributed by atoms with Gasteiger partial charge in [0.1, 0.15) is 6.04 Å². The Morgan fingerprint density at radius 3 is 2.28 bits per heavy atom. The van der Waals surface area contributed by atoms with Gasteiger partial charge in [0.25, 0.3) is 0 Å². The van der Waals surface area contributed by atoms with Crippen LogP contribution in [-0.4, -0.2) is 34.6 Å². The maximum atomic E-state index is 11.5. The second-order valence-electron chi connectivity index (χ2n) is 6.32. The van der Waals surface area contributed by atoms with Crippen LogP contribution in [0.2, 0.25) is 0 Å². The molecule has 3 atom stereocenters. The van der Waals surface area contributed by atoms with Crippen molar-refractivity contribution in [1.82, 2.24) is 4.90 Å². The summed E-state index contributed by atoms with van der Waals surface area (Å²) in [7, 11) is 0. The van der Waals surface area contributed by atoms with Crippen LogP contribution in [0, 0.1) is 11.8 Å². The van der Waals surface area contributed by atoms with Crippen LogP contribution in [0.1, 0.15) is 58.8 Å². The third-order valence-corrected chi connectivity index (χ3v) is 4.95. The molecule has 2 fully saturated rings. The van der Waals surface area contributed by atoms with Crippen LogP contribution in [-0.2, 0) is 4.79 Å². The van der Waals surface area contributed by atoms with E-state index in [1.807, 2.05) is 0 Å².